The molecule has 1 atom stereocenters. The van der Waals surface area contributed by atoms with Crippen molar-refractivity contribution in [3.63, 3.8) is 0 Å². The van der Waals surface area contributed by atoms with Gasteiger partial charge in [0, 0.05) is 77.0 Å². The molecule has 0 bridgehead atoms. The number of piperazine rings is 2. The van der Waals surface area contributed by atoms with Crippen LogP contribution in [0.2, 0.25) is 5.02 Å². The number of carbonyl (C=O) groups is 6. The zero-order valence-corrected chi connectivity index (χ0v) is 38.7. The molecule has 0 saturated carbocycles. The second-order valence-electron chi connectivity index (χ2n) is 16.7. The number of unbranched alkanes of at least 4 members (excludes halogenated alkanes) is 5. The first-order valence-electron chi connectivity index (χ1n) is 22.2. The summed E-state index contributed by atoms with van der Waals surface area (Å²) in [6, 6.07) is 11.8. The number of hydrogen-bond donors (Lipinski definition) is 3. The third kappa shape index (κ3) is 11.9. The summed E-state index contributed by atoms with van der Waals surface area (Å²) in [5.41, 5.74) is 3.05. The normalized spacial score (nSPS) is 18.0. The molecule has 0 spiro atoms. The average Bonchev–Trinajstić information content (AvgIpc) is 3.86. The van der Waals surface area contributed by atoms with Crippen LogP contribution in [0.15, 0.2) is 48.7 Å². The van der Waals surface area contributed by atoms with Crippen LogP contribution in [0, 0.1) is 13.8 Å². The quantitative estimate of drug-likeness (QED) is 0.0747. The number of para-hydroxylation sites is 1. The Balaban J connectivity index is 0.000000209. The van der Waals surface area contributed by atoms with Crippen molar-refractivity contribution in [2.45, 2.75) is 71.3 Å². The molecular weight excluding hydrogens is 870 g/mol. The average molecular weight is 927 g/mol. The molecule has 4 aliphatic rings. The number of nitrogens with zero attached hydrogens (tertiary/aromatic N) is 8. The summed E-state index contributed by atoms with van der Waals surface area (Å²) < 4.78 is 0. The highest BCUT2D eigenvalue weighted by atomic mass is 35.5. The van der Waals surface area contributed by atoms with Crippen LogP contribution in [-0.4, -0.2) is 137 Å². The Hall–Kier alpha value is -5.82. The van der Waals surface area contributed by atoms with E-state index in [0.29, 0.717) is 49.9 Å². The molecule has 19 heteroatoms. The van der Waals surface area contributed by atoms with Crippen LogP contribution in [0.1, 0.15) is 93.1 Å². The predicted octanol–water partition coefficient (Wildman–Crippen LogP) is 5.70. The summed E-state index contributed by atoms with van der Waals surface area (Å²) >= 11 is 7.51. The van der Waals surface area contributed by atoms with Crippen LogP contribution < -0.4 is 25.8 Å². The van der Waals surface area contributed by atoms with Gasteiger partial charge >= 0.3 is 0 Å². The van der Waals surface area contributed by atoms with E-state index in [1.165, 1.54) is 30.6 Å². The summed E-state index contributed by atoms with van der Waals surface area (Å²) in [6.45, 7) is 12.3. The number of amides is 5. The highest BCUT2D eigenvalue weighted by molar-refractivity contribution is 7.17. The second-order valence-corrected chi connectivity index (χ2v) is 18.2. The Bertz CT molecular complexity index is 2380. The molecule has 0 radical (unpaired) electrons. The van der Waals surface area contributed by atoms with Gasteiger partial charge in [-0.1, -0.05) is 54.3 Å². The first kappa shape index (κ1) is 47.2. The molecule has 2 aromatic heterocycles. The van der Waals surface area contributed by atoms with Gasteiger partial charge in [0.15, 0.2) is 5.13 Å². The number of aromatic nitrogens is 3. The minimum absolute atomic E-state index is 0.121. The number of halogens is 1. The van der Waals surface area contributed by atoms with Gasteiger partial charge in [-0.05, 0) is 76.5 Å². The van der Waals surface area contributed by atoms with Crippen LogP contribution in [0.5, 0.6) is 0 Å². The van der Waals surface area contributed by atoms with E-state index in [4.69, 9.17) is 11.6 Å². The molecule has 0 aliphatic carbocycles. The maximum atomic E-state index is 12.8. The molecule has 3 saturated heterocycles. The summed E-state index contributed by atoms with van der Waals surface area (Å²) in [6.07, 6.45) is 9.33. The van der Waals surface area contributed by atoms with E-state index in [2.05, 4.69) is 57.5 Å². The number of aryl methyl sites for hydroxylation is 2. The van der Waals surface area contributed by atoms with Crippen molar-refractivity contribution in [2.75, 3.05) is 86.4 Å². The summed E-state index contributed by atoms with van der Waals surface area (Å²) in [5.74, 6) is 0.0688. The van der Waals surface area contributed by atoms with Gasteiger partial charge in [0.1, 0.15) is 34.7 Å². The molecule has 344 valence electrons. The number of benzene rings is 2. The molecule has 4 aromatic rings. The lowest BCUT2D eigenvalue weighted by Crippen LogP contribution is -2.54. The first-order chi connectivity index (χ1) is 31.4. The number of rotatable bonds is 15. The van der Waals surface area contributed by atoms with E-state index < -0.39 is 23.8 Å². The van der Waals surface area contributed by atoms with Crippen LogP contribution in [0.25, 0.3) is 0 Å². The fourth-order valence-electron chi connectivity index (χ4n) is 8.30. The monoisotopic (exact) mass is 925 g/mol. The Labute approximate surface area is 387 Å². The zero-order valence-electron chi connectivity index (χ0n) is 37.1. The van der Waals surface area contributed by atoms with Crippen LogP contribution >= 0.6 is 22.9 Å². The lowest BCUT2D eigenvalue weighted by atomic mass is 10.0. The number of nitrogens with one attached hydrogen (secondary N) is 3. The molecular formula is C46H56ClN11O6S. The zero-order chi connectivity index (χ0) is 46.0. The van der Waals surface area contributed by atoms with Crippen molar-refractivity contribution in [2.24, 2.45) is 0 Å². The van der Waals surface area contributed by atoms with Crippen LogP contribution in [0.3, 0.4) is 0 Å². The molecule has 65 heavy (non-hydrogen) atoms. The van der Waals surface area contributed by atoms with Gasteiger partial charge in [-0.2, -0.15) is 0 Å². The molecule has 1 unspecified atom stereocenters. The van der Waals surface area contributed by atoms with Gasteiger partial charge in [0.2, 0.25) is 11.8 Å². The molecule has 4 aliphatic heterocycles. The molecule has 6 heterocycles. The maximum absolute atomic E-state index is 12.8. The number of carbonyl (C=O) groups excluding carboxylic acids is 6. The van der Waals surface area contributed by atoms with E-state index in [9.17, 15) is 28.8 Å². The highest BCUT2D eigenvalue weighted by Crippen LogP contribution is 2.32. The Morgan fingerprint density at radius 3 is 2.34 bits per heavy atom. The van der Waals surface area contributed by atoms with Crippen molar-refractivity contribution in [3.05, 3.63) is 81.1 Å². The Kier molecular flexibility index (Phi) is 15.9. The SMILES string of the molecule is CN1CCN(c2ccc3c(c2)C(=O)N(C2CCC(=O)NC2=O)C3=O)CC1.Cc1nc(Nc2ncc(C(=O)Nc3c(C)cccc3Cl)s2)cc(N2CCN(CCCCCCCC=O)CC2)n1. The summed E-state index contributed by atoms with van der Waals surface area (Å²) in [4.78, 5) is 96.4. The van der Waals surface area contributed by atoms with Crippen LogP contribution in [-0.2, 0) is 14.4 Å². The van der Waals surface area contributed by atoms with Crippen LogP contribution in [0.4, 0.5) is 28.1 Å². The van der Waals surface area contributed by atoms with Crippen molar-refractivity contribution in [1.29, 1.82) is 0 Å². The smallest absolute Gasteiger partial charge is 0.267 e. The van der Waals surface area contributed by atoms with Gasteiger partial charge in [0.25, 0.3) is 17.7 Å². The summed E-state index contributed by atoms with van der Waals surface area (Å²) in [7, 11) is 2.07. The summed E-state index contributed by atoms with van der Waals surface area (Å²) in [5, 5.41) is 9.41. The number of hydrogen-bond acceptors (Lipinski definition) is 15. The standard InChI is InChI=1S/C28H36ClN7O2S.C18H20N4O4/c1-20-10-9-11-22(29)26(20)34-27(38)23-19-30-28(39-23)33-24-18-25(32-21(2)31-24)36-15-13-35(14-16-36)12-7-5-3-4-6-8-17-37;1-20-6-8-21(9-7-20)11-2-3-12-13(10-11)18(26)22(17(12)25)14-4-5-15(23)19-16(14)24/h9-11,17-19H,3-8,12-16H2,1-2H3,(H,34,38)(H,30,31,32,33);2-3,10,14H,4-9H2,1H3,(H,19,23,24). The van der Waals surface area contributed by atoms with Crippen molar-refractivity contribution in [3.8, 4) is 0 Å². The van der Waals surface area contributed by atoms with Crippen molar-refractivity contribution >= 4 is 86.9 Å². The molecule has 8 rings (SSSR count). The topological polar surface area (TPSA) is 193 Å². The van der Waals surface area contributed by atoms with E-state index in [1.807, 2.05) is 38.1 Å². The van der Waals surface area contributed by atoms with Crippen molar-refractivity contribution in [1.82, 2.24) is 35.0 Å². The number of thiazole rings is 1. The number of imide groups is 2. The first-order valence-corrected chi connectivity index (χ1v) is 23.4. The fraction of sp³-hybridized carbons (Fsp3) is 0.457. The maximum Gasteiger partial charge on any atom is 0.267 e. The van der Waals surface area contributed by atoms with E-state index in [0.717, 1.165) is 100.0 Å². The molecule has 5 amide bonds. The Morgan fingerprint density at radius 1 is 0.877 bits per heavy atom. The molecule has 2 aromatic carbocycles. The van der Waals surface area contributed by atoms with Crippen molar-refractivity contribution < 1.29 is 28.8 Å². The van der Waals surface area contributed by atoms with Gasteiger partial charge < -0.3 is 30.1 Å². The minimum Gasteiger partial charge on any atom is -0.369 e. The van der Waals surface area contributed by atoms with Gasteiger partial charge in [-0.15, -0.1) is 0 Å². The minimum atomic E-state index is -0.924. The van der Waals surface area contributed by atoms with E-state index in [1.54, 1.807) is 24.4 Å². The third-order valence-electron chi connectivity index (χ3n) is 12.0. The number of likely N-dealkylation sites (N-methyl/N-ethyl adjacent to an activating group) is 1. The predicted molar refractivity (Wildman–Crippen MR) is 252 cm³/mol. The lowest BCUT2D eigenvalue weighted by molar-refractivity contribution is -0.136. The number of fused-ring (bicyclic) bond motifs is 1. The van der Waals surface area contributed by atoms with E-state index in [-0.39, 0.29) is 24.7 Å². The largest absolute Gasteiger partial charge is 0.369 e. The van der Waals surface area contributed by atoms with E-state index >= 15 is 0 Å². The van der Waals surface area contributed by atoms with Gasteiger partial charge in [-0.25, -0.2) is 15.0 Å². The number of piperidine rings is 1. The Morgan fingerprint density at radius 2 is 1.60 bits per heavy atom. The second kappa shape index (κ2) is 21.9. The number of anilines is 5. The molecule has 3 N–H and O–H groups in total. The lowest BCUT2D eigenvalue weighted by Gasteiger charge is -2.35. The number of aldehydes is 1. The van der Waals surface area contributed by atoms with Gasteiger partial charge in [0.05, 0.1) is 28.0 Å². The highest BCUT2D eigenvalue weighted by Gasteiger charge is 2.44. The fourth-order valence-corrected chi connectivity index (χ4v) is 9.29. The molecule has 3 fully saturated rings. The third-order valence-corrected chi connectivity index (χ3v) is 13.3. The van der Waals surface area contributed by atoms with Gasteiger partial charge in [-0.3, -0.25) is 39.1 Å². The molecule has 17 nitrogen and oxygen atoms in total.